The van der Waals surface area contributed by atoms with Crippen molar-refractivity contribution in [2.45, 2.75) is 33.6 Å². The quantitative estimate of drug-likeness (QED) is 0.669. The molecule has 0 saturated heterocycles. The van der Waals surface area contributed by atoms with Gasteiger partial charge in [0, 0.05) is 17.3 Å². The van der Waals surface area contributed by atoms with Crippen LogP contribution in [0.25, 0.3) is 0 Å². The lowest BCUT2D eigenvalue weighted by Gasteiger charge is -2.07. The summed E-state index contributed by atoms with van der Waals surface area (Å²) < 4.78 is 0. The van der Waals surface area contributed by atoms with Crippen LogP contribution < -0.4 is 5.32 Å². The van der Waals surface area contributed by atoms with Gasteiger partial charge in [0.2, 0.25) is 0 Å². The largest absolute Gasteiger partial charge is 0.388 e. The summed E-state index contributed by atoms with van der Waals surface area (Å²) in [7, 11) is 0. The molecule has 0 bridgehead atoms. The van der Waals surface area contributed by atoms with Crippen LogP contribution in [0.15, 0.2) is 10.7 Å². The van der Waals surface area contributed by atoms with Crippen molar-refractivity contribution < 1.29 is 0 Å². The molecule has 2 heteroatoms. The second kappa shape index (κ2) is 5.60. The fourth-order valence-corrected chi connectivity index (χ4v) is 1.04. The molecule has 0 aromatic carbocycles. The lowest BCUT2D eigenvalue weighted by molar-refractivity contribution is 0.793. The summed E-state index contributed by atoms with van der Waals surface area (Å²) >= 11 is 5.93. The Labute approximate surface area is 68.5 Å². The zero-order chi connectivity index (χ0) is 7.98. The number of allylic oxidation sites excluding steroid dienone is 2. The Bertz CT molecular complexity index is 118. The van der Waals surface area contributed by atoms with Crippen LogP contribution in [-0.2, 0) is 0 Å². The molecule has 10 heavy (non-hydrogen) atoms. The zero-order valence-corrected chi connectivity index (χ0v) is 7.76. The predicted molar refractivity (Wildman–Crippen MR) is 47.1 cm³/mol. The van der Waals surface area contributed by atoms with Crippen molar-refractivity contribution in [3.8, 4) is 0 Å². The first-order valence-corrected chi connectivity index (χ1v) is 4.25. The molecule has 0 aromatic rings. The van der Waals surface area contributed by atoms with Crippen molar-refractivity contribution in [1.82, 2.24) is 5.32 Å². The molecule has 0 aromatic heterocycles. The van der Waals surface area contributed by atoms with Gasteiger partial charge in [-0.15, -0.1) is 0 Å². The number of halogens is 1. The maximum absolute atomic E-state index is 5.93. The Balaban J connectivity index is 4.00. The van der Waals surface area contributed by atoms with E-state index in [1.54, 1.807) is 0 Å². The molecule has 0 amide bonds. The van der Waals surface area contributed by atoms with Crippen molar-refractivity contribution in [2.75, 3.05) is 6.54 Å². The highest BCUT2D eigenvalue weighted by Gasteiger charge is 1.97. The van der Waals surface area contributed by atoms with Gasteiger partial charge in [0.05, 0.1) is 0 Å². The molecular formula is C8H16ClN. The molecule has 0 fully saturated rings. The molecule has 0 aliphatic carbocycles. The number of hydrogen-bond donors (Lipinski definition) is 1. The van der Waals surface area contributed by atoms with Crippen LogP contribution in [0.1, 0.15) is 33.6 Å². The Kier molecular flexibility index (Phi) is 5.51. The van der Waals surface area contributed by atoms with Crippen LogP contribution in [0.4, 0.5) is 0 Å². The number of rotatable bonds is 4. The maximum Gasteiger partial charge on any atom is 0.0367 e. The standard InChI is InChI=1S/C8H16ClN/c1-4-7(9)8(5-2)10-6-3/h10H,4-6H2,1-3H3/b8-7-. The number of nitrogens with one attached hydrogen (secondary N) is 1. The van der Waals surface area contributed by atoms with E-state index in [4.69, 9.17) is 11.6 Å². The van der Waals surface area contributed by atoms with Gasteiger partial charge >= 0.3 is 0 Å². The van der Waals surface area contributed by atoms with Crippen LogP contribution in [0.5, 0.6) is 0 Å². The molecule has 0 saturated carbocycles. The minimum atomic E-state index is 0.928. The maximum atomic E-state index is 5.93. The molecule has 1 N–H and O–H groups in total. The van der Waals surface area contributed by atoms with Crippen LogP contribution >= 0.6 is 11.6 Å². The van der Waals surface area contributed by atoms with E-state index in [1.807, 2.05) is 0 Å². The average Bonchev–Trinajstić information content (AvgIpc) is 1.99. The Morgan fingerprint density at radius 2 is 1.80 bits per heavy atom. The van der Waals surface area contributed by atoms with E-state index in [1.165, 1.54) is 5.70 Å². The first-order valence-electron chi connectivity index (χ1n) is 3.87. The molecule has 1 nitrogen and oxygen atoms in total. The smallest absolute Gasteiger partial charge is 0.0367 e. The minimum Gasteiger partial charge on any atom is -0.388 e. The van der Waals surface area contributed by atoms with E-state index in [0.717, 1.165) is 24.4 Å². The normalized spacial score (nSPS) is 12.8. The Hall–Kier alpha value is -0.170. The monoisotopic (exact) mass is 161 g/mol. The first-order chi connectivity index (χ1) is 4.76. The van der Waals surface area contributed by atoms with Crippen LogP contribution in [0.3, 0.4) is 0 Å². The first kappa shape index (κ1) is 9.83. The summed E-state index contributed by atoms with van der Waals surface area (Å²) in [6, 6.07) is 0. The summed E-state index contributed by atoms with van der Waals surface area (Å²) in [6.45, 7) is 7.21. The van der Waals surface area contributed by atoms with E-state index in [-0.39, 0.29) is 0 Å². The summed E-state index contributed by atoms with van der Waals surface area (Å²) in [4.78, 5) is 0. The second-order valence-electron chi connectivity index (χ2n) is 2.12. The fourth-order valence-electron chi connectivity index (χ4n) is 0.839. The zero-order valence-electron chi connectivity index (χ0n) is 7.00. The molecule has 0 aliphatic heterocycles. The molecule has 60 valence electrons. The van der Waals surface area contributed by atoms with E-state index in [9.17, 15) is 0 Å². The van der Waals surface area contributed by atoms with Crippen molar-refractivity contribution in [3.63, 3.8) is 0 Å². The summed E-state index contributed by atoms with van der Waals surface area (Å²) in [6.07, 6.45) is 1.93. The van der Waals surface area contributed by atoms with Crippen LogP contribution in [0.2, 0.25) is 0 Å². The fraction of sp³-hybridized carbons (Fsp3) is 0.750. The second-order valence-corrected chi connectivity index (χ2v) is 2.58. The van der Waals surface area contributed by atoms with Crippen molar-refractivity contribution in [3.05, 3.63) is 10.7 Å². The third-order valence-corrected chi connectivity index (χ3v) is 1.88. The van der Waals surface area contributed by atoms with Crippen LogP contribution in [0, 0.1) is 0 Å². The van der Waals surface area contributed by atoms with Crippen molar-refractivity contribution >= 4 is 11.6 Å². The summed E-state index contributed by atoms with van der Waals surface area (Å²) in [5.41, 5.74) is 1.19. The minimum absolute atomic E-state index is 0.928. The van der Waals surface area contributed by atoms with Gasteiger partial charge in [0.15, 0.2) is 0 Å². The van der Waals surface area contributed by atoms with Crippen molar-refractivity contribution in [1.29, 1.82) is 0 Å². The molecule has 0 spiro atoms. The topological polar surface area (TPSA) is 12.0 Å². The summed E-state index contributed by atoms with van der Waals surface area (Å²) in [5.74, 6) is 0. The lowest BCUT2D eigenvalue weighted by atomic mass is 10.3. The van der Waals surface area contributed by atoms with Gasteiger partial charge in [-0.25, -0.2) is 0 Å². The molecule has 0 atom stereocenters. The highest BCUT2D eigenvalue weighted by molar-refractivity contribution is 6.29. The van der Waals surface area contributed by atoms with Gasteiger partial charge in [-0.05, 0) is 19.8 Å². The molecule has 0 radical (unpaired) electrons. The molecule has 0 aliphatic rings. The lowest BCUT2D eigenvalue weighted by Crippen LogP contribution is -2.12. The van der Waals surface area contributed by atoms with Gasteiger partial charge < -0.3 is 5.32 Å². The van der Waals surface area contributed by atoms with Gasteiger partial charge in [-0.2, -0.15) is 0 Å². The highest BCUT2D eigenvalue weighted by Crippen LogP contribution is 2.13. The Morgan fingerprint density at radius 3 is 2.10 bits per heavy atom. The molecule has 0 rings (SSSR count). The van der Waals surface area contributed by atoms with Crippen molar-refractivity contribution in [2.24, 2.45) is 0 Å². The van der Waals surface area contributed by atoms with Gasteiger partial charge in [-0.3, -0.25) is 0 Å². The molecule has 0 unspecified atom stereocenters. The highest BCUT2D eigenvalue weighted by atomic mass is 35.5. The predicted octanol–water partition coefficient (Wildman–Crippen LogP) is 2.87. The van der Waals surface area contributed by atoms with Gasteiger partial charge in [0.1, 0.15) is 0 Å². The summed E-state index contributed by atoms with van der Waals surface area (Å²) in [5, 5.41) is 4.19. The average molecular weight is 162 g/mol. The molecular weight excluding hydrogens is 146 g/mol. The van der Waals surface area contributed by atoms with Gasteiger partial charge in [0.25, 0.3) is 0 Å². The third kappa shape index (κ3) is 3.11. The SMILES string of the molecule is CCN/C(CC)=C(\Cl)CC. The third-order valence-electron chi connectivity index (χ3n) is 1.38. The van der Waals surface area contributed by atoms with E-state index >= 15 is 0 Å². The van der Waals surface area contributed by atoms with E-state index in [2.05, 4.69) is 26.1 Å². The van der Waals surface area contributed by atoms with Gasteiger partial charge in [-0.1, -0.05) is 25.4 Å². The Morgan fingerprint density at radius 1 is 1.20 bits per heavy atom. The molecule has 0 heterocycles. The number of hydrogen-bond acceptors (Lipinski definition) is 1. The van der Waals surface area contributed by atoms with Crippen LogP contribution in [-0.4, -0.2) is 6.54 Å². The van der Waals surface area contributed by atoms with E-state index in [0.29, 0.717) is 0 Å². The van der Waals surface area contributed by atoms with E-state index < -0.39 is 0 Å².